The molecule has 0 amide bonds. The van der Waals surface area contributed by atoms with Crippen LogP contribution in [0.5, 0.6) is 0 Å². The molecule has 5 heteroatoms. The molecule has 0 fully saturated rings. The Kier molecular flexibility index (Phi) is 12.1. The molecule has 0 saturated carbocycles. The molecule has 13 heavy (non-hydrogen) atoms. The Hall–Kier alpha value is -1.10. The molecule has 0 saturated heterocycles. The molecular weight excluding hydrogens is 176 g/mol. The molecule has 2 radical (unpaired) electrons. The normalized spacial score (nSPS) is 8.38. The number of esters is 1. The molecule has 1 atom stereocenters. The van der Waals surface area contributed by atoms with E-state index in [1.165, 1.54) is 7.11 Å². The van der Waals surface area contributed by atoms with Crippen LogP contribution in [0.4, 0.5) is 0 Å². The zero-order valence-electron chi connectivity index (χ0n) is 7.78. The van der Waals surface area contributed by atoms with Crippen molar-refractivity contribution in [2.45, 2.75) is 6.92 Å². The largest absolute Gasteiger partial charge is 0.469 e. The van der Waals surface area contributed by atoms with Crippen LogP contribution in [0.2, 0.25) is 0 Å². The number of hydrogen-bond acceptors (Lipinski definition) is 5. The molecule has 0 aliphatic carbocycles. The van der Waals surface area contributed by atoms with Gasteiger partial charge < -0.3 is 14.6 Å². The molecule has 0 aliphatic heterocycles. The first-order chi connectivity index (χ1) is 6.09. The van der Waals surface area contributed by atoms with Crippen LogP contribution in [0, 0.1) is 12.8 Å². The van der Waals surface area contributed by atoms with E-state index in [9.17, 15) is 4.79 Å². The van der Waals surface area contributed by atoms with E-state index in [2.05, 4.69) is 16.4 Å². The van der Waals surface area contributed by atoms with Crippen molar-refractivity contribution in [3.05, 3.63) is 6.92 Å². The minimum Gasteiger partial charge on any atom is -0.469 e. The number of hydrogen-bond donors (Lipinski definition) is 1. The van der Waals surface area contributed by atoms with Gasteiger partial charge in [-0.25, -0.2) is 4.79 Å². The summed E-state index contributed by atoms with van der Waals surface area (Å²) in [7, 11) is 1.35. The van der Waals surface area contributed by atoms with Gasteiger partial charge in [0.1, 0.15) is 6.61 Å². The van der Waals surface area contributed by atoms with Gasteiger partial charge in [0.05, 0.1) is 19.6 Å². The van der Waals surface area contributed by atoms with Crippen molar-refractivity contribution in [3.8, 4) is 0 Å². The molecule has 76 valence electrons. The summed E-state index contributed by atoms with van der Waals surface area (Å²) in [6.45, 7) is 6.20. The smallest absolute Gasteiger partial charge is 0.417 e. The average molecular weight is 190 g/mol. The first kappa shape index (κ1) is 14.4. The molecule has 0 spiro atoms. The molecule has 0 bridgehead atoms. The van der Waals surface area contributed by atoms with E-state index < -0.39 is 0 Å². The van der Waals surface area contributed by atoms with Crippen molar-refractivity contribution in [1.82, 2.24) is 0 Å². The van der Waals surface area contributed by atoms with Crippen molar-refractivity contribution in [2.75, 3.05) is 20.3 Å². The predicted octanol–water partition coefficient (Wildman–Crippen LogP) is -0.308. The third-order valence-electron chi connectivity index (χ3n) is 0.856. The lowest BCUT2D eigenvalue weighted by atomic mass is 10.2. The van der Waals surface area contributed by atoms with Crippen LogP contribution in [0.15, 0.2) is 0 Å². The van der Waals surface area contributed by atoms with E-state index in [-0.39, 0.29) is 25.1 Å². The lowest BCUT2D eigenvalue weighted by molar-refractivity contribution is -0.143. The third kappa shape index (κ3) is 13.8. The fraction of sp³-hybridized carbons (Fsp3) is 0.625. The van der Waals surface area contributed by atoms with Crippen LogP contribution in [-0.2, 0) is 19.1 Å². The monoisotopic (exact) mass is 190 g/mol. The van der Waals surface area contributed by atoms with E-state index in [1.54, 1.807) is 6.92 Å². The highest BCUT2D eigenvalue weighted by Crippen LogP contribution is 1.91. The van der Waals surface area contributed by atoms with Crippen molar-refractivity contribution in [3.63, 3.8) is 0 Å². The Labute approximate surface area is 77.6 Å². The number of rotatable bonds is 4. The number of methoxy groups -OCH3 is 1. The fourth-order valence-corrected chi connectivity index (χ4v) is 0.288. The molecule has 1 N–H and O–H groups in total. The summed E-state index contributed by atoms with van der Waals surface area (Å²) in [6, 6.07) is 0. The number of carbonyl (C=O) groups excluding carboxylic acids is 2. The van der Waals surface area contributed by atoms with Gasteiger partial charge in [0.25, 0.3) is 0 Å². The summed E-state index contributed by atoms with van der Waals surface area (Å²) in [5.74, 6) is -0.509. The quantitative estimate of drug-likeness (QED) is 0.486. The Bertz CT molecular complexity index is 132. The highest BCUT2D eigenvalue weighted by atomic mass is 16.5. The fourth-order valence-electron chi connectivity index (χ4n) is 0.288. The van der Waals surface area contributed by atoms with Crippen molar-refractivity contribution < 1.29 is 24.2 Å². The highest BCUT2D eigenvalue weighted by molar-refractivity contribution is 5.72. The summed E-state index contributed by atoms with van der Waals surface area (Å²) < 4.78 is 8.24. The zero-order valence-corrected chi connectivity index (χ0v) is 7.78. The number of carbonyl (C=O) groups is 1. The van der Waals surface area contributed by atoms with Crippen LogP contribution < -0.4 is 0 Å². The van der Waals surface area contributed by atoms with Gasteiger partial charge in [-0.3, -0.25) is 4.79 Å². The van der Waals surface area contributed by atoms with Crippen LogP contribution in [0.25, 0.3) is 0 Å². The summed E-state index contributed by atoms with van der Waals surface area (Å²) in [5, 5.41) is 7.89. The Morgan fingerprint density at radius 3 is 2.31 bits per heavy atom. The van der Waals surface area contributed by atoms with Crippen molar-refractivity contribution >= 4 is 12.4 Å². The summed E-state index contributed by atoms with van der Waals surface area (Å²) >= 11 is 0. The maximum Gasteiger partial charge on any atom is 0.417 e. The lowest BCUT2D eigenvalue weighted by Gasteiger charge is -1.97. The van der Waals surface area contributed by atoms with E-state index in [4.69, 9.17) is 9.90 Å². The molecule has 0 aromatic rings. The molecule has 0 heterocycles. The molecule has 0 rings (SSSR count). The third-order valence-corrected chi connectivity index (χ3v) is 0.856. The number of aliphatic hydroxyl groups is 1. The second-order valence-electron chi connectivity index (χ2n) is 2.08. The molecule has 1 unspecified atom stereocenters. The van der Waals surface area contributed by atoms with Crippen molar-refractivity contribution in [1.29, 1.82) is 0 Å². The van der Waals surface area contributed by atoms with Crippen LogP contribution >= 0.6 is 0 Å². The molecule has 0 aromatic heterocycles. The minimum absolute atomic E-state index is 0.0451. The van der Waals surface area contributed by atoms with Gasteiger partial charge in [0.15, 0.2) is 0 Å². The summed E-state index contributed by atoms with van der Waals surface area (Å²) in [6.07, 6.45) is 0. The van der Waals surface area contributed by atoms with E-state index >= 15 is 0 Å². The maximum absolute atomic E-state index is 10.2. The second-order valence-corrected chi connectivity index (χ2v) is 2.08. The predicted molar refractivity (Wildman–Crippen MR) is 45.3 cm³/mol. The highest BCUT2D eigenvalue weighted by Gasteiger charge is 2.03. The van der Waals surface area contributed by atoms with Gasteiger partial charge in [0.2, 0.25) is 0 Å². The topological polar surface area (TPSA) is 72.8 Å². The molecular formula is C8H14O5. The zero-order chi connectivity index (χ0) is 10.7. The maximum atomic E-state index is 10.2. The second kappa shape index (κ2) is 10.9. The van der Waals surface area contributed by atoms with Gasteiger partial charge >= 0.3 is 12.4 Å². The van der Waals surface area contributed by atoms with Crippen LogP contribution in [-0.4, -0.2) is 37.9 Å². The number of ether oxygens (including phenoxy) is 2. The molecule has 0 aliphatic rings. The van der Waals surface area contributed by atoms with Gasteiger partial charge in [-0.15, -0.1) is 0 Å². The SMILES string of the molecule is O=[C]OCCO.[CH2]C(C)C(=O)OC. The molecule has 0 aromatic carbocycles. The Morgan fingerprint density at radius 2 is 2.23 bits per heavy atom. The standard InChI is InChI=1S/C5H9O2.C3H5O3/c1-4(2)5(6)7-3;4-1-2-6-3-5/h4H,1H2,2-3H3;4H,1-2H2. The summed E-state index contributed by atoms with van der Waals surface area (Å²) in [4.78, 5) is 19.3. The van der Waals surface area contributed by atoms with E-state index in [0.29, 0.717) is 0 Å². The minimum atomic E-state index is -0.264. The Morgan fingerprint density at radius 1 is 1.69 bits per heavy atom. The van der Waals surface area contributed by atoms with Crippen LogP contribution in [0.1, 0.15) is 6.92 Å². The molecule has 5 nitrogen and oxygen atoms in total. The summed E-state index contributed by atoms with van der Waals surface area (Å²) in [5.41, 5.74) is 0. The van der Waals surface area contributed by atoms with Crippen LogP contribution in [0.3, 0.4) is 0 Å². The van der Waals surface area contributed by atoms with E-state index in [0.717, 1.165) is 6.47 Å². The lowest BCUT2D eigenvalue weighted by Crippen LogP contribution is -2.08. The van der Waals surface area contributed by atoms with E-state index in [1.807, 2.05) is 0 Å². The number of aliphatic hydroxyl groups excluding tert-OH is 1. The van der Waals surface area contributed by atoms with Gasteiger partial charge in [-0.05, 0) is 6.92 Å². The van der Waals surface area contributed by atoms with Gasteiger partial charge in [-0.2, -0.15) is 0 Å². The van der Waals surface area contributed by atoms with Crippen molar-refractivity contribution in [2.24, 2.45) is 5.92 Å². The first-order valence-corrected chi connectivity index (χ1v) is 3.60. The van der Waals surface area contributed by atoms with Gasteiger partial charge in [-0.1, -0.05) is 6.92 Å². The Balaban J connectivity index is 0. The average Bonchev–Trinajstić information content (AvgIpc) is 2.14. The van der Waals surface area contributed by atoms with Gasteiger partial charge in [0, 0.05) is 0 Å². The first-order valence-electron chi connectivity index (χ1n) is 3.60.